The molecule has 13 N–H and O–H groups in total. The summed E-state index contributed by atoms with van der Waals surface area (Å²) in [4.78, 5) is 141. The summed E-state index contributed by atoms with van der Waals surface area (Å²) >= 11 is 0. The van der Waals surface area contributed by atoms with Crippen molar-refractivity contribution >= 4 is 81.9 Å². The smallest absolute Gasteiger partial charge is 0.413 e. The Balaban J connectivity index is 1.88. The molecule has 1 aromatic rings. The zero-order valence-corrected chi connectivity index (χ0v) is 38.8. The average molecular weight is 1050 g/mol. The highest BCUT2D eigenvalue weighted by atomic mass is 16.4. The number of hydrogen-bond acceptors (Lipinski definition) is 22. The Hall–Kier alpha value is -8.29. The number of rotatable bonds is 26. The summed E-state index contributed by atoms with van der Waals surface area (Å²) in [6.45, 7) is -5.18. The van der Waals surface area contributed by atoms with Gasteiger partial charge in [0.25, 0.3) is 34.7 Å². The number of anilines is 1. The van der Waals surface area contributed by atoms with E-state index < -0.39 is 232 Å². The molecular formula is C44H51N7O23. The quantitative estimate of drug-likeness (QED) is 0.0514. The minimum Gasteiger partial charge on any atom is -0.501 e. The third-order valence-electron chi connectivity index (χ3n) is 11.5. The molecule has 74 heavy (non-hydrogen) atoms. The molecule has 0 fully saturated rings. The van der Waals surface area contributed by atoms with Gasteiger partial charge in [-0.15, -0.1) is 0 Å². The number of hydrogen-bond donors (Lipinski definition) is 13. The first-order chi connectivity index (χ1) is 34.8. The average Bonchev–Trinajstić information content (AvgIpc) is 3.36. The van der Waals surface area contributed by atoms with Crippen molar-refractivity contribution in [2.45, 2.75) is 81.6 Å². The monoisotopic (exact) mass is 1050 g/mol. The van der Waals surface area contributed by atoms with Crippen LogP contribution < -0.4 is 4.90 Å². The number of aliphatic hydroxyl groups is 9. The van der Waals surface area contributed by atoms with Crippen LogP contribution in [0.25, 0.3) is 0 Å². The first-order valence-electron chi connectivity index (χ1n) is 22.1. The summed E-state index contributed by atoms with van der Waals surface area (Å²) in [7, 11) is 0. The van der Waals surface area contributed by atoms with Crippen molar-refractivity contribution in [1.29, 1.82) is 0 Å². The third-order valence-corrected chi connectivity index (χ3v) is 11.5. The van der Waals surface area contributed by atoms with E-state index in [1.54, 1.807) is 0 Å². The fourth-order valence-electron chi connectivity index (χ4n) is 8.01. The van der Waals surface area contributed by atoms with Gasteiger partial charge in [-0.3, -0.25) is 48.4 Å². The Labute approximate surface area is 416 Å². The summed E-state index contributed by atoms with van der Waals surface area (Å²) in [5, 5.41) is 132. The second-order valence-electron chi connectivity index (χ2n) is 16.6. The van der Waals surface area contributed by atoms with Gasteiger partial charge in [-0.2, -0.15) is 0 Å². The van der Waals surface area contributed by atoms with Crippen molar-refractivity contribution in [3.05, 3.63) is 65.1 Å². The molecule has 0 saturated carbocycles. The largest absolute Gasteiger partial charge is 0.501 e. The van der Waals surface area contributed by atoms with Crippen LogP contribution >= 0.6 is 0 Å². The van der Waals surface area contributed by atoms with Gasteiger partial charge in [0.15, 0.2) is 17.5 Å². The van der Waals surface area contributed by atoms with Crippen LogP contribution in [0.15, 0.2) is 80.0 Å². The Morgan fingerprint density at radius 1 is 0.459 bits per heavy atom. The number of aliphatic imine (C=N–C) groups is 3. The Morgan fingerprint density at radius 3 is 0.986 bits per heavy atom. The maximum Gasteiger partial charge on any atom is 0.413 e. The van der Waals surface area contributed by atoms with E-state index in [0.717, 1.165) is 4.90 Å². The number of carboxylic acid groups (broad SMARTS) is 4. The maximum absolute atomic E-state index is 13.6. The van der Waals surface area contributed by atoms with Gasteiger partial charge >= 0.3 is 24.4 Å². The summed E-state index contributed by atoms with van der Waals surface area (Å²) in [5.74, 6) is -16.6. The number of carbonyl (C=O) groups excluding carboxylic acids is 6. The second kappa shape index (κ2) is 25.4. The molecule has 3 heterocycles. The summed E-state index contributed by atoms with van der Waals surface area (Å²) < 4.78 is 0. The predicted molar refractivity (Wildman–Crippen MR) is 246 cm³/mol. The van der Waals surface area contributed by atoms with Gasteiger partial charge in [-0.05, 0) is 50.7 Å². The number of ketones is 6. The van der Waals surface area contributed by atoms with Crippen LogP contribution in [0.2, 0.25) is 0 Å². The Morgan fingerprint density at radius 2 is 0.743 bits per heavy atom. The molecule has 3 atom stereocenters. The van der Waals surface area contributed by atoms with E-state index >= 15 is 0 Å². The first-order valence-corrected chi connectivity index (χ1v) is 22.1. The molecule has 0 radical (unpaired) electrons. The van der Waals surface area contributed by atoms with Crippen LogP contribution in [0.1, 0.15) is 57.8 Å². The minimum atomic E-state index is -2.01. The van der Waals surface area contributed by atoms with Gasteiger partial charge in [-0.25, -0.2) is 34.2 Å². The van der Waals surface area contributed by atoms with Gasteiger partial charge < -0.3 is 66.4 Å². The lowest BCUT2D eigenvalue weighted by Gasteiger charge is -2.44. The van der Waals surface area contributed by atoms with E-state index in [1.165, 1.54) is 30.3 Å². The normalized spacial score (nSPS) is 17.3. The standard InChI is InChI=1S/C44H51N7O23/c52-18-22(55)15-25-28(58)31(61)34(64)37(45-25)48(40(67)68)12-4-9-44(51(43(73)74)21-7-2-1-3-8-21,10-5-13-49(41(69)70)38-35(65)32(62)29(59)26(46-38)16-23(56)19-53)11-6-14-50(42(71)72)39-36(66)33(63)30(60)27(47-39)17-24(57)20-54/h1-3,7-8,22-24,52-57,64-66H,4-6,9-20H2,(H,67,68)(H,69,70)(H,71,72)(H,73,74). The van der Waals surface area contributed by atoms with Crippen molar-refractivity contribution in [2.75, 3.05) is 44.4 Å². The fraction of sp³-hybridized carbons (Fsp3) is 0.432. The van der Waals surface area contributed by atoms with Crippen LogP contribution in [0.3, 0.4) is 0 Å². The Bertz CT molecular complexity index is 2400. The van der Waals surface area contributed by atoms with E-state index in [2.05, 4.69) is 15.0 Å². The molecule has 3 aliphatic rings. The third kappa shape index (κ3) is 13.4. The number of benzene rings is 1. The van der Waals surface area contributed by atoms with E-state index in [4.69, 9.17) is 0 Å². The zero-order chi connectivity index (χ0) is 55.4. The van der Waals surface area contributed by atoms with E-state index in [-0.39, 0.29) is 5.69 Å². The molecule has 400 valence electrons. The molecule has 0 aromatic heterocycles. The van der Waals surface area contributed by atoms with Gasteiger partial charge in [0.2, 0.25) is 17.3 Å². The van der Waals surface area contributed by atoms with Gasteiger partial charge in [-0.1, -0.05) is 18.2 Å². The molecule has 0 aliphatic carbocycles. The van der Waals surface area contributed by atoms with Crippen molar-refractivity contribution in [2.24, 2.45) is 15.0 Å². The minimum absolute atomic E-state index is 0.101. The molecule has 0 spiro atoms. The molecule has 30 nitrogen and oxygen atoms in total. The molecular weight excluding hydrogens is 995 g/mol. The SMILES string of the molecule is O=C1C(=O)C(O)=C(N(CCCC(CCCN(C(=O)O)C2=C(O)C(=O)C(=O)C(CC(O)CO)=N2)(CCCN(C(=O)O)C2=C(O)C(=O)C(=O)C(CC(O)CO)=N2)N(C(=O)O)c2ccccc2)C(=O)O)N=C1CC(O)CO. The second-order valence-corrected chi connectivity index (χ2v) is 16.6. The lowest BCUT2D eigenvalue weighted by atomic mass is 9.81. The molecule has 0 bridgehead atoms. The number of carbonyl (C=O) groups is 10. The van der Waals surface area contributed by atoms with Crippen molar-refractivity contribution in [3.8, 4) is 0 Å². The number of Topliss-reactive ketones (excluding diaryl/α,β-unsaturated/α-hetero) is 6. The summed E-state index contributed by atoms with van der Waals surface area (Å²) in [6, 6.07) is 6.91. The number of amides is 4. The summed E-state index contributed by atoms with van der Waals surface area (Å²) in [5.41, 5.74) is -4.38. The van der Waals surface area contributed by atoms with Crippen LogP contribution in [-0.4, -0.2) is 221 Å². The van der Waals surface area contributed by atoms with Crippen LogP contribution in [-0.2, 0) is 28.8 Å². The molecule has 3 aliphatic heterocycles. The van der Waals surface area contributed by atoms with Gasteiger partial charge in [0, 0.05) is 44.6 Å². The van der Waals surface area contributed by atoms with E-state index in [1.807, 2.05) is 0 Å². The number of allylic oxidation sites excluding steroid dienone is 3. The lowest BCUT2D eigenvalue weighted by molar-refractivity contribution is -0.132. The van der Waals surface area contributed by atoms with Gasteiger partial charge in [0.1, 0.15) is 0 Å². The molecule has 1 aromatic carbocycles. The highest BCUT2D eigenvalue weighted by Gasteiger charge is 2.44. The van der Waals surface area contributed by atoms with Crippen molar-refractivity contribution < 1.29 is 114 Å². The van der Waals surface area contributed by atoms with Gasteiger partial charge in [0.05, 0.1) is 60.8 Å². The van der Waals surface area contributed by atoms with E-state index in [0.29, 0.717) is 14.7 Å². The predicted octanol–water partition coefficient (Wildman–Crippen LogP) is -0.620. The highest BCUT2D eigenvalue weighted by Crippen LogP contribution is 2.38. The summed E-state index contributed by atoms with van der Waals surface area (Å²) in [6.07, 6.45) is -17.9. The molecule has 30 heteroatoms. The highest BCUT2D eigenvalue weighted by molar-refractivity contribution is 6.70. The molecule has 4 amide bonds. The maximum atomic E-state index is 13.6. The van der Waals surface area contributed by atoms with Crippen LogP contribution in [0, 0.1) is 0 Å². The lowest BCUT2D eigenvalue weighted by Crippen LogP contribution is -2.53. The zero-order valence-electron chi connectivity index (χ0n) is 38.8. The van der Waals surface area contributed by atoms with Crippen molar-refractivity contribution in [3.63, 3.8) is 0 Å². The Kier molecular flexibility index (Phi) is 20.0. The fourth-order valence-corrected chi connectivity index (χ4v) is 8.01. The van der Waals surface area contributed by atoms with E-state index in [9.17, 15) is 114 Å². The topological polar surface area (TPSA) is 484 Å². The molecule has 3 unspecified atom stereocenters. The molecule has 4 rings (SSSR count). The van der Waals surface area contributed by atoms with Crippen LogP contribution in [0.5, 0.6) is 0 Å². The number of aliphatic hydroxyl groups excluding tert-OH is 9. The number of para-hydroxylation sites is 1. The molecule has 0 saturated heterocycles. The van der Waals surface area contributed by atoms with Crippen LogP contribution in [0.4, 0.5) is 24.9 Å². The first kappa shape index (κ1) is 58.3. The van der Waals surface area contributed by atoms with Crippen molar-refractivity contribution in [1.82, 2.24) is 14.7 Å². The number of nitrogens with zero attached hydrogens (tertiary/aromatic N) is 7.